The molecule has 0 aliphatic carbocycles. The minimum Gasteiger partial charge on any atom is -0.449 e. The summed E-state index contributed by atoms with van der Waals surface area (Å²) in [6.45, 7) is 0. The Morgan fingerprint density at radius 2 is 1.43 bits per heavy atom. The predicted molar refractivity (Wildman–Crippen MR) is 112 cm³/mol. The second kappa shape index (κ2) is 8.53. The molecule has 0 spiro atoms. The molecule has 1 atom stereocenters. The third kappa shape index (κ3) is 4.03. The second-order valence-corrected chi connectivity index (χ2v) is 6.73. The Morgan fingerprint density at radius 1 is 0.833 bits per heavy atom. The number of esters is 1. The van der Waals surface area contributed by atoms with E-state index in [2.05, 4.69) is 10.2 Å². The fourth-order valence-electron chi connectivity index (χ4n) is 3.27. The molecule has 6 heteroatoms. The third-order valence-electron chi connectivity index (χ3n) is 4.73. The van der Waals surface area contributed by atoms with E-state index >= 15 is 0 Å². The molecule has 6 nitrogen and oxygen atoms in total. The molecule has 0 fully saturated rings. The summed E-state index contributed by atoms with van der Waals surface area (Å²) in [5.74, 6) is -0.924. The third-order valence-corrected chi connectivity index (χ3v) is 4.73. The number of aromatic nitrogens is 2. The molecule has 1 aromatic heterocycles. The average Bonchev–Trinajstić information content (AvgIpc) is 2.80. The summed E-state index contributed by atoms with van der Waals surface area (Å²) < 4.78 is 5.62. The van der Waals surface area contributed by atoms with Crippen LogP contribution >= 0.6 is 0 Å². The summed E-state index contributed by atoms with van der Waals surface area (Å²) in [7, 11) is 0. The fourth-order valence-corrected chi connectivity index (χ4v) is 3.27. The van der Waals surface area contributed by atoms with Gasteiger partial charge in [0.25, 0.3) is 5.56 Å². The summed E-state index contributed by atoms with van der Waals surface area (Å²) in [4.78, 5) is 37.8. The molecule has 3 aromatic carbocycles. The van der Waals surface area contributed by atoms with Gasteiger partial charge in [0.2, 0.25) is 5.78 Å². The number of carbonyl (C=O) groups is 2. The van der Waals surface area contributed by atoms with Gasteiger partial charge in [-0.25, -0.2) is 5.10 Å². The maximum atomic E-state index is 13.0. The van der Waals surface area contributed by atoms with Crippen LogP contribution in [0, 0.1) is 0 Å². The Kier molecular flexibility index (Phi) is 5.48. The summed E-state index contributed by atoms with van der Waals surface area (Å²) >= 11 is 0. The smallest absolute Gasteiger partial charge is 0.313 e. The number of nitrogens with one attached hydrogen (secondary N) is 1. The number of H-pyrrole nitrogens is 1. The number of aromatic amines is 1. The lowest BCUT2D eigenvalue weighted by atomic mass is 10.00. The van der Waals surface area contributed by atoms with E-state index in [9.17, 15) is 14.4 Å². The lowest BCUT2D eigenvalue weighted by molar-refractivity contribution is -0.146. The molecule has 1 heterocycles. The van der Waals surface area contributed by atoms with Crippen molar-refractivity contribution < 1.29 is 14.3 Å². The summed E-state index contributed by atoms with van der Waals surface area (Å²) in [6, 6.07) is 24.5. The van der Waals surface area contributed by atoms with Crippen molar-refractivity contribution in [1.29, 1.82) is 0 Å². The van der Waals surface area contributed by atoms with Gasteiger partial charge in [0.05, 0.1) is 17.5 Å². The topological polar surface area (TPSA) is 89.1 Å². The van der Waals surface area contributed by atoms with Crippen molar-refractivity contribution in [3.05, 3.63) is 112 Å². The molecule has 0 saturated carbocycles. The first kappa shape index (κ1) is 19.3. The highest BCUT2D eigenvalue weighted by atomic mass is 16.5. The quantitative estimate of drug-likeness (QED) is 0.396. The van der Waals surface area contributed by atoms with Gasteiger partial charge in [0, 0.05) is 16.5 Å². The molecule has 0 radical (unpaired) electrons. The zero-order valence-corrected chi connectivity index (χ0v) is 15.9. The van der Waals surface area contributed by atoms with E-state index in [0.717, 1.165) is 0 Å². The van der Waals surface area contributed by atoms with Crippen LogP contribution in [0.1, 0.15) is 27.7 Å². The molecule has 0 bridgehead atoms. The van der Waals surface area contributed by atoms with E-state index in [-0.39, 0.29) is 17.8 Å². The normalized spacial score (nSPS) is 11.7. The van der Waals surface area contributed by atoms with Gasteiger partial charge in [-0.15, -0.1) is 0 Å². The lowest BCUT2D eigenvalue weighted by Crippen LogP contribution is -2.22. The molecule has 0 saturated heterocycles. The van der Waals surface area contributed by atoms with Crippen molar-refractivity contribution in [3.63, 3.8) is 0 Å². The maximum absolute atomic E-state index is 13.0. The van der Waals surface area contributed by atoms with Crippen LogP contribution in [0.3, 0.4) is 0 Å². The number of carbonyl (C=O) groups excluding carboxylic acids is 2. The van der Waals surface area contributed by atoms with Gasteiger partial charge in [0.15, 0.2) is 6.10 Å². The van der Waals surface area contributed by atoms with E-state index in [1.807, 2.05) is 12.1 Å². The largest absolute Gasteiger partial charge is 0.449 e. The van der Waals surface area contributed by atoms with E-state index in [1.165, 1.54) is 0 Å². The Labute approximate surface area is 172 Å². The van der Waals surface area contributed by atoms with E-state index in [1.54, 1.807) is 72.8 Å². The molecule has 0 amide bonds. The van der Waals surface area contributed by atoms with Crippen LogP contribution in [0.25, 0.3) is 10.8 Å². The van der Waals surface area contributed by atoms with Crippen LogP contribution in [0.5, 0.6) is 0 Å². The average molecular weight is 398 g/mol. The summed E-state index contributed by atoms with van der Waals surface area (Å²) in [6.07, 6.45) is -1.25. The van der Waals surface area contributed by atoms with Crippen molar-refractivity contribution in [2.24, 2.45) is 0 Å². The summed E-state index contributed by atoms with van der Waals surface area (Å²) in [5, 5.41) is 7.42. The Balaban J connectivity index is 1.62. The Morgan fingerprint density at radius 3 is 2.13 bits per heavy atom. The van der Waals surface area contributed by atoms with Crippen molar-refractivity contribution in [2.75, 3.05) is 0 Å². The molecule has 0 aliphatic rings. The van der Waals surface area contributed by atoms with E-state index in [0.29, 0.717) is 27.6 Å². The number of rotatable bonds is 6. The number of hydrogen-bond acceptors (Lipinski definition) is 5. The number of ketones is 1. The van der Waals surface area contributed by atoms with Gasteiger partial charge in [-0.2, -0.15) is 5.10 Å². The molecule has 4 rings (SSSR count). The maximum Gasteiger partial charge on any atom is 0.313 e. The minimum atomic E-state index is -1.07. The molecule has 0 aliphatic heterocycles. The predicted octanol–water partition coefficient (Wildman–Crippen LogP) is 3.63. The number of hydrogen-bond donors (Lipinski definition) is 1. The SMILES string of the molecule is O=C(Cc1n[nH]c(=O)c2ccccc12)OC(C(=O)c1ccccc1)c1ccccc1. The van der Waals surface area contributed by atoms with Crippen LogP contribution in [-0.2, 0) is 16.0 Å². The van der Waals surface area contributed by atoms with Crippen LogP contribution in [0.4, 0.5) is 0 Å². The molecule has 1 unspecified atom stereocenters. The van der Waals surface area contributed by atoms with E-state index < -0.39 is 12.1 Å². The van der Waals surface area contributed by atoms with E-state index in [4.69, 9.17) is 4.74 Å². The number of Topliss-reactive ketones (excluding diaryl/α,β-unsaturated/α-hetero) is 1. The molecule has 1 N–H and O–H groups in total. The first-order valence-corrected chi connectivity index (χ1v) is 9.43. The number of ether oxygens (including phenoxy) is 1. The molecule has 4 aromatic rings. The minimum absolute atomic E-state index is 0.178. The van der Waals surface area contributed by atoms with Gasteiger partial charge >= 0.3 is 5.97 Å². The van der Waals surface area contributed by atoms with Crippen molar-refractivity contribution in [2.45, 2.75) is 12.5 Å². The van der Waals surface area contributed by atoms with Gasteiger partial charge in [-0.1, -0.05) is 78.9 Å². The Hall–Kier alpha value is -4.06. The van der Waals surface area contributed by atoms with Gasteiger partial charge in [0.1, 0.15) is 0 Å². The van der Waals surface area contributed by atoms with Crippen LogP contribution in [-0.4, -0.2) is 21.9 Å². The standard InChI is InChI=1S/C24H18N2O4/c27-21(15-20-18-13-7-8-14-19(18)24(29)26-25-20)30-23(17-11-5-2-6-12-17)22(28)16-9-3-1-4-10-16/h1-14,23H,15H2,(H,26,29). The highest BCUT2D eigenvalue weighted by Crippen LogP contribution is 2.24. The molecular weight excluding hydrogens is 380 g/mol. The second-order valence-electron chi connectivity index (χ2n) is 6.73. The lowest BCUT2D eigenvalue weighted by Gasteiger charge is -2.17. The highest BCUT2D eigenvalue weighted by molar-refractivity contribution is 6.01. The molecule has 30 heavy (non-hydrogen) atoms. The zero-order chi connectivity index (χ0) is 20.9. The van der Waals surface area contributed by atoms with Crippen molar-refractivity contribution >= 4 is 22.5 Å². The first-order valence-electron chi connectivity index (χ1n) is 9.43. The number of nitrogens with zero attached hydrogens (tertiary/aromatic N) is 1. The van der Waals surface area contributed by atoms with Gasteiger partial charge in [-0.3, -0.25) is 14.4 Å². The van der Waals surface area contributed by atoms with Crippen LogP contribution < -0.4 is 5.56 Å². The van der Waals surface area contributed by atoms with Gasteiger partial charge < -0.3 is 4.74 Å². The highest BCUT2D eigenvalue weighted by Gasteiger charge is 2.26. The monoisotopic (exact) mass is 398 g/mol. The fraction of sp³-hybridized carbons (Fsp3) is 0.0833. The van der Waals surface area contributed by atoms with Crippen molar-refractivity contribution in [3.8, 4) is 0 Å². The van der Waals surface area contributed by atoms with Crippen molar-refractivity contribution in [1.82, 2.24) is 10.2 Å². The van der Waals surface area contributed by atoms with Crippen LogP contribution in [0.15, 0.2) is 89.7 Å². The summed E-state index contributed by atoms with van der Waals surface area (Å²) in [5.41, 5.74) is 1.09. The number of fused-ring (bicyclic) bond motifs is 1. The zero-order valence-electron chi connectivity index (χ0n) is 15.9. The number of benzene rings is 3. The molecule has 148 valence electrons. The first-order chi connectivity index (χ1) is 14.6. The van der Waals surface area contributed by atoms with Gasteiger partial charge in [-0.05, 0) is 6.07 Å². The molecular formula is C24H18N2O4. The van der Waals surface area contributed by atoms with Crippen LogP contribution in [0.2, 0.25) is 0 Å². The Bertz CT molecular complexity index is 1250.